The second-order valence-corrected chi connectivity index (χ2v) is 7.47. The fraction of sp³-hybridized carbons (Fsp3) is 0.143. The first-order valence-electron chi connectivity index (χ1n) is 6.47. The van der Waals surface area contributed by atoms with Crippen LogP contribution in [0.1, 0.15) is 11.1 Å². The van der Waals surface area contributed by atoms with E-state index in [2.05, 4.69) is 0 Å². The largest absolute Gasteiger partial charge is 0.416 e. The number of benzene rings is 2. The lowest BCUT2D eigenvalue weighted by atomic mass is 10.1. The van der Waals surface area contributed by atoms with Crippen molar-refractivity contribution in [3.63, 3.8) is 0 Å². The van der Waals surface area contributed by atoms with E-state index in [1.807, 2.05) is 0 Å². The lowest BCUT2D eigenvalue weighted by Gasteiger charge is -2.15. The van der Waals surface area contributed by atoms with Gasteiger partial charge in [-0.3, -0.25) is 4.72 Å². The molecule has 0 saturated carbocycles. The normalized spacial score (nSPS) is 12.9. The van der Waals surface area contributed by atoms with Crippen molar-refractivity contribution in [2.24, 2.45) is 0 Å². The van der Waals surface area contributed by atoms with Gasteiger partial charge < -0.3 is 0 Å². The summed E-state index contributed by atoms with van der Waals surface area (Å²) in [6, 6.07) is 3.41. The summed E-state index contributed by atoms with van der Waals surface area (Å²) in [5.74, 6) is 0. The van der Waals surface area contributed by atoms with Crippen LogP contribution in [0.5, 0.6) is 0 Å². The second-order valence-electron chi connectivity index (χ2n) is 4.98. The van der Waals surface area contributed by atoms with Gasteiger partial charge in [0.2, 0.25) is 0 Å². The first-order valence-corrected chi connectivity index (χ1v) is 8.71. The highest BCUT2D eigenvalue weighted by Gasteiger charge is 2.37. The van der Waals surface area contributed by atoms with Crippen LogP contribution in [0.2, 0.25) is 10.0 Å². The molecule has 0 amide bonds. The first-order chi connectivity index (χ1) is 11.7. The number of sulfonamides is 1. The van der Waals surface area contributed by atoms with Crippen LogP contribution in [0.25, 0.3) is 0 Å². The van der Waals surface area contributed by atoms with Gasteiger partial charge in [0.25, 0.3) is 10.0 Å². The second kappa shape index (κ2) is 6.82. The Morgan fingerprint density at radius 2 is 1.27 bits per heavy atom. The minimum Gasteiger partial charge on any atom is -0.280 e. The molecule has 0 spiro atoms. The number of hydrogen-bond acceptors (Lipinski definition) is 2. The maximum absolute atomic E-state index is 12.8. The van der Waals surface area contributed by atoms with Crippen molar-refractivity contribution in [1.29, 1.82) is 0 Å². The summed E-state index contributed by atoms with van der Waals surface area (Å²) in [7, 11) is -4.50. The topological polar surface area (TPSA) is 46.2 Å². The van der Waals surface area contributed by atoms with E-state index in [0.717, 1.165) is 18.2 Å². The SMILES string of the molecule is O=S(=O)(Nc1cc(C(F)(F)F)cc(C(F)(F)F)c1)c1ccc(Cl)c(Cl)c1. The van der Waals surface area contributed by atoms with Crippen LogP contribution in [-0.2, 0) is 22.4 Å². The van der Waals surface area contributed by atoms with E-state index in [1.54, 1.807) is 4.72 Å². The Labute approximate surface area is 153 Å². The summed E-state index contributed by atoms with van der Waals surface area (Å²) in [5, 5.41) is -0.140. The van der Waals surface area contributed by atoms with E-state index in [4.69, 9.17) is 23.2 Å². The molecule has 0 aliphatic carbocycles. The molecule has 1 N–H and O–H groups in total. The Morgan fingerprint density at radius 3 is 1.69 bits per heavy atom. The van der Waals surface area contributed by atoms with Gasteiger partial charge in [-0.2, -0.15) is 26.3 Å². The molecule has 0 aliphatic heterocycles. The van der Waals surface area contributed by atoms with Crippen molar-refractivity contribution >= 4 is 38.9 Å². The number of hydrogen-bond donors (Lipinski definition) is 1. The van der Waals surface area contributed by atoms with Crippen LogP contribution in [0.4, 0.5) is 32.0 Å². The quantitative estimate of drug-likeness (QED) is 0.613. The molecule has 0 radical (unpaired) electrons. The molecule has 2 rings (SSSR count). The summed E-state index contributed by atoms with van der Waals surface area (Å²) in [5.41, 5.74) is -4.21. The lowest BCUT2D eigenvalue weighted by Crippen LogP contribution is -2.16. The van der Waals surface area contributed by atoms with Crippen LogP contribution in [-0.4, -0.2) is 8.42 Å². The maximum Gasteiger partial charge on any atom is 0.416 e. The van der Waals surface area contributed by atoms with E-state index in [-0.39, 0.29) is 28.2 Å². The third-order valence-corrected chi connectivity index (χ3v) is 5.16. The van der Waals surface area contributed by atoms with Crippen molar-refractivity contribution in [2.45, 2.75) is 17.2 Å². The molecule has 142 valence electrons. The van der Waals surface area contributed by atoms with Crippen molar-refractivity contribution < 1.29 is 34.8 Å². The van der Waals surface area contributed by atoms with Gasteiger partial charge in [0.1, 0.15) is 0 Å². The Bertz CT molecular complexity index is 909. The monoisotopic (exact) mass is 437 g/mol. The molecule has 0 aliphatic rings. The number of alkyl halides is 6. The first kappa shape index (κ1) is 20.7. The van der Waals surface area contributed by atoms with Gasteiger partial charge in [0.15, 0.2) is 0 Å². The van der Waals surface area contributed by atoms with Crippen LogP contribution in [0.3, 0.4) is 0 Å². The van der Waals surface area contributed by atoms with Gasteiger partial charge in [-0.1, -0.05) is 23.2 Å². The van der Waals surface area contributed by atoms with Crippen LogP contribution >= 0.6 is 23.2 Å². The summed E-state index contributed by atoms with van der Waals surface area (Å²) in [6.07, 6.45) is -10.2. The van der Waals surface area contributed by atoms with Gasteiger partial charge in [-0.25, -0.2) is 8.42 Å². The molecule has 3 nitrogen and oxygen atoms in total. The van der Waals surface area contributed by atoms with Crippen molar-refractivity contribution in [2.75, 3.05) is 4.72 Å². The molecular formula is C14H7Cl2F6NO2S. The zero-order valence-electron chi connectivity index (χ0n) is 12.2. The molecule has 0 fully saturated rings. The highest BCUT2D eigenvalue weighted by molar-refractivity contribution is 7.92. The molecule has 0 aromatic heterocycles. The summed E-state index contributed by atoms with van der Waals surface area (Å²) in [4.78, 5) is -0.488. The fourth-order valence-corrected chi connectivity index (χ4v) is 3.30. The van der Waals surface area contributed by atoms with Crippen LogP contribution in [0, 0.1) is 0 Å². The third kappa shape index (κ3) is 4.74. The summed E-state index contributed by atoms with van der Waals surface area (Å²) in [6.45, 7) is 0. The van der Waals surface area contributed by atoms with Crippen molar-refractivity contribution in [1.82, 2.24) is 0 Å². The van der Waals surface area contributed by atoms with E-state index < -0.39 is 44.1 Å². The minimum atomic E-state index is -5.11. The Balaban J connectivity index is 2.52. The average molecular weight is 438 g/mol. The van der Waals surface area contributed by atoms with Gasteiger partial charge >= 0.3 is 12.4 Å². The van der Waals surface area contributed by atoms with E-state index in [9.17, 15) is 34.8 Å². The van der Waals surface area contributed by atoms with Crippen molar-refractivity contribution in [3.8, 4) is 0 Å². The highest BCUT2D eigenvalue weighted by atomic mass is 35.5. The highest BCUT2D eigenvalue weighted by Crippen LogP contribution is 2.38. The minimum absolute atomic E-state index is 0.0176. The number of rotatable bonds is 3. The zero-order chi connectivity index (χ0) is 19.9. The van der Waals surface area contributed by atoms with Crippen molar-refractivity contribution in [3.05, 3.63) is 57.6 Å². The summed E-state index contributed by atoms with van der Waals surface area (Å²) < 4.78 is 103. The smallest absolute Gasteiger partial charge is 0.280 e. The van der Waals surface area contributed by atoms with Gasteiger partial charge in [0, 0.05) is 0 Å². The maximum atomic E-state index is 12.8. The Morgan fingerprint density at radius 1 is 0.769 bits per heavy atom. The van der Waals surface area contributed by atoms with Gasteiger partial charge in [-0.15, -0.1) is 0 Å². The van der Waals surface area contributed by atoms with E-state index in [1.165, 1.54) is 0 Å². The Hall–Kier alpha value is -1.65. The molecule has 26 heavy (non-hydrogen) atoms. The third-order valence-electron chi connectivity index (χ3n) is 3.04. The fourth-order valence-electron chi connectivity index (χ4n) is 1.87. The van der Waals surface area contributed by atoms with Gasteiger partial charge in [0.05, 0.1) is 31.8 Å². The number of halogens is 8. The average Bonchev–Trinajstić information content (AvgIpc) is 2.47. The Kier molecular flexibility index (Phi) is 5.42. The lowest BCUT2D eigenvalue weighted by molar-refractivity contribution is -0.143. The zero-order valence-corrected chi connectivity index (χ0v) is 14.5. The van der Waals surface area contributed by atoms with Gasteiger partial charge in [-0.05, 0) is 36.4 Å². The molecule has 2 aromatic carbocycles. The predicted octanol–water partition coefficient (Wildman–Crippen LogP) is 5.83. The molecule has 2 aromatic rings. The molecular weight excluding hydrogens is 431 g/mol. The number of nitrogens with one attached hydrogen (secondary N) is 1. The van der Waals surface area contributed by atoms with Crippen LogP contribution < -0.4 is 4.72 Å². The molecule has 12 heteroatoms. The standard InChI is InChI=1S/C14H7Cl2F6NO2S/c15-11-2-1-10(6-12(11)16)26(24,25)23-9-4-7(13(17,18)19)3-8(5-9)14(20,21)22/h1-6,23H. The number of anilines is 1. The van der Waals surface area contributed by atoms with E-state index in [0.29, 0.717) is 0 Å². The van der Waals surface area contributed by atoms with Crippen LogP contribution in [0.15, 0.2) is 41.3 Å². The molecule has 0 bridgehead atoms. The predicted molar refractivity (Wildman–Crippen MR) is 83.7 cm³/mol. The molecule has 0 unspecified atom stereocenters. The summed E-state index contributed by atoms with van der Waals surface area (Å²) >= 11 is 11.3. The molecule has 0 saturated heterocycles. The van der Waals surface area contributed by atoms with E-state index >= 15 is 0 Å². The molecule has 0 atom stereocenters. The molecule has 0 heterocycles.